The number of hydrogen-bond donors (Lipinski definition) is 2. The van der Waals surface area contributed by atoms with Gasteiger partial charge in [-0.2, -0.15) is 0 Å². The molecule has 0 atom stereocenters. The first kappa shape index (κ1) is 35.8. The minimum atomic E-state index is -1.47. The lowest BCUT2D eigenvalue weighted by molar-refractivity contribution is -0.131. The summed E-state index contributed by atoms with van der Waals surface area (Å²) in [4.78, 5) is 92.5. The summed E-state index contributed by atoms with van der Waals surface area (Å²) in [5.74, 6) is -2.25. The van der Waals surface area contributed by atoms with Crippen molar-refractivity contribution in [2.45, 2.75) is 13.8 Å². The van der Waals surface area contributed by atoms with Crippen LogP contribution in [0, 0.1) is 0 Å². The highest BCUT2D eigenvalue weighted by Gasteiger charge is 2.32. The molecule has 0 spiro atoms. The Labute approximate surface area is 341 Å². The number of ketones is 1. The maximum atomic E-state index is 13.8. The Morgan fingerprint density at radius 1 is 0.607 bits per heavy atom. The van der Waals surface area contributed by atoms with Crippen molar-refractivity contribution < 1.29 is 29.3 Å². The highest BCUT2D eigenvalue weighted by Crippen LogP contribution is 2.44. The lowest BCUT2D eigenvalue weighted by atomic mass is 9.87. The van der Waals surface area contributed by atoms with Crippen molar-refractivity contribution in [1.82, 2.24) is 0 Å². The molecule has 9 aromatic rings. The van der Waals surface area contributed by atoms with Gasteiger partial charge in [0.25, 0.3) is 0 Å². The summed E-state index contributed by atoms with van der Waals surface area (Å²) in [6.45, 7) is 3.64. The molecule has 10 nitrogen and oxygen atoms in total. The second kappa shape index (κ2) is 12.3. The summed E-state index contributed by atoms with van der Waals surface area (Å²) in [6, 6.07) is 24.2. The first-order valence-electron chi connectivity index (χ1n) is 19.2. The number of carbonyl (C=O) groups excluding carboxylic acids is 2. The quantitative estimate of drug-likeness (QED) is 0.0799. The van der Waals surface area contributed by atoms with Crippen LogP contribution in [0.4, 0.5) is 0 Å². The predicted molar refractivity (Wildman–Crippen MR) is 237 cm³/mol. The van der Waals surface area contributed by atoms with Crippen LogP contribution in [0.1, 0.15) is 40.9 Å². The third-order valence-corrected chi connectivity index (χ3v) is 12.3. The van der Waals surface area contributed by atoms with E-state index in [0.29, 0.717) is 33.2 Å². The first-order chi connectivity index (χ1) is 29.3. The zero-order valence-corrected chi connectivity index (χ0v) is 32.1. The molecule has 0 saturated heterocycles. The van der Waals surface area contributed by atoms with Gasteiger partial charge in [-0.25, -0.2) is 9.59 Å². The summed E-state index contributed by atoms with van der Waals surface area (Å²) < 4.78 is 6.01. The standard InChI is InChI=1S/C51H26O10/c1-21(29-10-7-23-4-3-5-25-14-24-6-9-28(52)17-31(24)43(29)42(23)25)49-22(2)41(51(60)61-49)26-8-11-30-27(15-26)16-40(55)36-20-37-45(46(44(30)36)50(58)59)34-18-32-33(39(54)13-12-38(32)53)19-35(34)47(56)48(37)57/h3-20,55H,1-2H3,(H,58,59)/b49-21-. The van der Waals surface area contributed by atoms with Crippen LogP contribution in [0.25, 0.3) is 98.7 Å². The highest BCUT2D eigenvalue weighted by atomic mass is 16.5. The minimum absolute atomic E-state index is 0.00162. The molecule has 61 heavy (non-hydrogen) atoms. The van der Waals surface area contributed by atoms with Crippen LogP contribution in [0.15, 0.2) is 128 Å². The summed E-state index contributed by atoms with van der Waals surface area (Å²) in [5.41, 5.74) is 0.109. The van der Waals surface area contributed by atoms with Crippen molar-refractivity contribution in [3.8, 4) is 5.75 Å². The van der Waals surface area contributed by atoms with Gasteiger partial charge in [0.05, 0.1) is 11.1 Å². The van der Waals surface area contributed by atoms with Gasteiger partial charge < -0.3 is 14.9 Å². The Bertz CT molecular complexity index is 4080. The van der Waals surface area contributed by atoms with E-state index < -0.39 is 39.2 Å². The lowest BCUT2D eigenvalue weighted by Gasteiger charge is -2.16. The average Bonchev–Trinajstić information content (AvgIpc) is 3.55. The van der Waals surface area contributed by atoms with Gasteiger partial charge in [-0.3, -0.25) is 24.0 Å². The number of allylic oxidation sites excluding steroid dienone is 3. The summed E-state index contributed by atoms with van der Waals surface area (Å²) in [5, 5.41) is 27.0. The fourth-order valence-corrected chi connectivity index (χ4v) is 9.57. The average molecular weight is 799 g/mol. The fraction of sp³-hybridized carbons (Fsp3) is 0.0392. The smallest absolute Gasteiger partial charge is 0.344 e. The molecule has 290 valence electrons. The number of aromatic carboxylic acids is 1. The van der Waals surface area contributed by atoms with Crippen molar-refractivity contribution in [1.29, 1.82) is 0 Å². The number of phenolic OH excluding ortho intramolecular Hbond substituents is 1. The Morgan fingerprint density at radius 3 is 2.05 bits per heavy atom. The van der Waals surface area contributed by atoms with Crippen LogP contribution in [0.2, 0.25) is 0 Å². The number of aromatic hydroxyl groups is 1. The Morgan fingerprint density at radius 2 is 1.30 bits per heavy atom. The minimum Gasteiger partial charge on any atom is -0.507 e. The van der Waals surface area contributed by atoms with E-state index in [4.69, 9.17) is 4.74 Å². The summed E-state index contributed by atoms with van der Waals surface area (Å²) in [7, 11) is 0. The van der Waals surface area contributed by atoms with Gasteiger partial charge in [0.2, 0.25) is 10.9 Å². The molecule has 1 aliphatic heterocycles. The molecule has 0 bridgehead atoms. The zero-order chi connectivity index (χ0) is 42.3. The zero-order valence-electron chi connectivity index (χ0n) is 32.1. The Kier molecular flexibility index (Phi) is 7.23. The van der Waals surface area contributed by atoms with Crippen molar-refractivity contribution in [3.05, 3.63) is 177 Å². The van der Waals surface area contributed by atoms with Crippen LogP contribution in [0.3, 0.4) is 0 Å². The molecule has 0 amide bonds. The number of esters is 1. The molecule has 9 aromatic carbocycles. The van der Waals surface area contributed by atoms with Crippen LogP contribution in [-0.4, -0.2) is 27.9 Å². The van der Waals surface area contributed by atoms with E-state index in [1.807, 2.05) is 37.3 Å². The highest BCUT2D eigenvalue weighted by molar-refractivity contribution is 6.30. The largest absolute Gasteiger partial charge is 0.507 e. The van der Waals surface area contributed by atoms with Gasteiger partial charge in [-0.05, 0) is 140 Å². The molecule has 10 heteroatoms. The van der Waals surface area contributed by atoms with E-state index in [0.717, 1.165) is 56.1 Å². The second-order valence-corrected chi connectivity index (χ2v) is 15.6. The van der Waals surface area contributed by atoms with Gasteiger partial charge in [-0.15, -0.1) is 0 Å². The molecule has 11 rings (SSSR count). The lowest BCUT2D eigenvalue weighted by Crippen LogP contribution is -2.25. The third kappa shape index (κ3) is 4.87. The number of rotatable bonds is 3. The van der Waals surface area contributed by atoms with Crippen molar-refractivity contribution in [2.24, 2.45) is 0 Å². The number of carbonyl (C=O) groups is 3. The number of fused-ring (bicyclic) bond motifs is 9. The molecule has 0 radical (unpaired) electrons. The number of ether oxygens (including phenoxy) is 1. The molecule has 1 heterocycles. The van der Waals surface area contributed by atoms with Gasteiger partial charge in [0.15, 0.2) is 16.6 Å². The van der Waals surface area contributed by atoms with Crippen molar-refractivity contribution in [2.75, 3.05) is 0 Å². The molecule has 0 unspecified atom stereocenters. The number of carboxylic acids is 1. The summed E-state index contributed by atoms with van der Waals surface area (Å²) in [6.07, 6.45) is 4.96. The molecule has 0 saturated carbocycles. The van der Waals surface area contributed by atoms with E-state index in [-0.39, 0.29) is 60.2 Å². The number of phenols is 1. The topological polar surface area (TPSA) is 169 Å². The molecule has 0 fully saturated rings. The predicted octanol–water partition coefficient (Wildman–Crippen LogP) is 7.34. The van der Waals surface area contributed by atoms with E-state index in [1.165, 1.54) is 24.3 Å². The van der Waals surface area contributed by atoms with Gasteiger partial charge >= 0.3 is 11.9 Å². The van der Waals surface area contributed by atoms with Gasteiger partial charge in [0.1, 0.15) is 11.5 Å². The van der Waals surface area contributed by atoms with E-state index in [2.05, 4.69) is 6.07 Å². The van der Waals surface area contributed by atoms with Gasteiger partial charge in [-0.1, -0.05) is 48.5 Å². The maximum Gasteiger partial charge on any atom is 0.344 e. The Balaban J connectivity index is 1.15. The maximum absolute atomic E-state index is 13.8. The van der Waals surface area contributed by atoms with Crippen LogP contribution in [0.5, 0.6) is 5.75 Å². The number of benzene rings is 9. The second-order valence-electron chi connectivity index (χ2n) is 15.6. The fourth-order valence-electron chi connectivity index (χ4n) is 9.57. The van der Waals surface area contributed by atoms with Crippen LogP contribution in [-0.2, 0) is 14.3 Å². The molecule has 2 aliphatic rings. The van der Waals surface area contributed by atoms with E-state index >= 15 is 0 Å². The molecular formula is C51H26O10. The molecular weight excluding hydrogens is 773 g/mol. The molecule has 1 aliphatic carbocycles. The summed E-state index contributed by atoms with van der Waals surface area (Å²) >= 11 is 0. The van der Waals surface area contributed by atoms with Crippen molar-refractivity contribution >= 4 is 116 Å². The Hall–Kier alpha value is -8.37. The van der Waals surface area contributed by atoms with E-state index in [9.17, 15) is 43.8 Å². The molecule has 0 aromatic heterocycles. The first-order valence-corrected chi connectivity index (χ1v) is 19.2. The van der Waals surface area contributed by atoms with Crippen LogP contribution < -0.4 is 26.9 Å². The van der Waals surface area contributed by atoms with Crippen LogP contribution >= 0.6 is 0 Å². The SMILES string of the molecule is CC1=C(c2ccc3c(c2)cc(O)c2cc4c(=O)c(=O)c5cc6c(=O)ccc(=O)c6cc5c4c(C(=O)O)c23)C(=O)O/C1=C(/C)c1ccc2cccc3cc4c(c1c23)=CC(=O)C=C4. The monoisotopic (exact) mass is 798 g/mol. The number of carboxylic acid groups (broad SMARTS) is 1. The molecule has 2 N–H and O–H groups in total. The normalized spacial score (nSPS) is 14.9. The third-order valence-electron chi connectivity index (χ3n) is 12.3. The number of cyclic esters (lactones) is 1. The van der Waals surface area contributed by atoms with Crippen molar-refractivity contribution in [3.63, 3.8) is 0 Å². The number of hydrogen-bond acceptors (Lipinski definition) is 9. The van der Waals surface area contributed by atoms with E-state index in [1.54, 1.807) is 37.3 Å². The van der Waals surface area contributed by atoms with Gasteiger partial charge in [0, 0.05) is 43.3 Å².